The third-order valence-corrected chi connectivity index (χ3v) is 2.42. The second kappa shape index (κ2) is 4.42. The van der Waals surface area contributed by atoms with Crippen LogP contribution in [0.15, 0.2) is 18.3 Å². The zero-order chi connectivity index (χ0) is 10.7. The molecule has 1 atom stereocenters. The first-order chi connectivity index (χ1) is 6.54. The number of anilines is 1. The van der Waals surface area contributed by atoms with Gasteiger partial charge in [-0.25, -0.2) is 4.98 Å². The first kappa shape index (κ1) is 11.0. The SMILES string of the molecule is CC(C)N(C)c1ncccc1[C@@H](C)N. The molecule has 0 radical (unpaired) electrons. The number of rotatable bonds is 3. The highest BCUT2D eigenvalue weighted by atomic mass is 15.2. The molecule has 78 valence electrons. The molecule has 0 amide bonds. The minimum absolute atomic E-state index is 0.0277. The summed E-state index contributed by atoms with van der Waals surface area (Å²) in [7, 11) is 2.04. The second-order valence-corrected chi connectivity index (χ2v) is 3.91. The van der Waals surface area contributed by atoms with Crippen molar-refractivity contribution in [2.75, 3.05) is 11.9 Å². The number of nitrogens with zero attached hydrogens (tertiary/aromatic N) is 2. The van der Waals surface area contributed by atoms with E-state index in [0.29, 0.717) is 6.04 Å². The summed E-state index contributed by atoms with van der Waals surface area (Å²) in [6, 6.07) is 4.42. The average Bonchev–Trinajstić information content (AvgIpc) is 2.16. The molecule has 0 saturated heterocycles. The van der Waals surface area contributed by atoms with E-state index in [1.54, 1.807) is 6.20 Å². The zero-order valence-electron chi connectivity index (χ0n) is 9.36. The number of hydrogen-bond donors (Lipinski definition) is 1. The Morgan fingerprint density at radius 1 is 1.36 bits per heavy atom. The van der Waals surface area contributed by atoms with E-state index < -0.39 is 0 Å². The summed E-state index contributed by atoms with van der Waals surface area (Å²) in [5.41, 5.74) is 6.99. The van der Waals surface area contributed by atoms with Gasteiger partial charge in [0.25, 0.3) is 0 Å². The molecule has 0 spiro atoms. The Morgan fingerprint density at radius 3 is 2.50 bits per heavy atom. The Hall–Kier alpha value is -1.09. The molecule has 0 bridgehead atoms. The van der Waals surface area contributed by atoms with Crippen molar-refractivity contribution in [1.29, 1.82) is 0 Å². The van der Waals surface area contributed by atoms with Crippen LogP contribution in [0.2, 0.25) is 0 Å². The van der Waals surface area contributed by atoms with Gasteiger partial charge in [-0.05, 0) is 26.8 Å². The van der Waals surface area contributed by atoms with E-state index in [4.69, 9.17) is 5.73 Å². The van der Waals surface area contributed by atoms with Crippen LogP contribution in [0.4, 0.5) is 5.82 Å². The third-order valence-electron chi connectivity index (χ3n) is 2.42. The predicted molar refractivity (Wildman–Crippen MR) is 60.4 cm³/mol. The van der Waals surface area contributed by atoms with Crippen molar-refractivity contribution >= 4 is 5.82 Å². The molecule has 1 aromatic heterocycles. The molecular formula is C11H19N3. The van der Waals surface area contributed by atoms with Gasteiger partial charge in [0.15, 0.2) is 0 Å². The molecule has 0 aromatic carbocycles. The molecule has 1 aromatic rings. The molecule has 0 saturated carbocycles. The molecule has 14 heavy (non-hydrogen) atoms. The van der Waals surface area contributed by atoms with Crippen LogP contribution in [-0.4, -0.2) is 18.1 Å². The third kappa shape index (κ3) is 2.23. The lowest BCUT2D eigenvalue weighted by molar-refractivity contribution is 0.721. The van der Waals surface area contributed by atoms with Gasteiger partial charge in [0.2, 0.25) is 0 Å². The van der Waals surface area contributed by atoms with E-state index in [2.05, 4.69) is 23.7 Å². The highest BCUT2D eigenvalue weighted by Crippen LogP contribution is 2.22. The monoisotopic (exact) mass is 193 g/mol. The van der Waals surface area contributed by atoms with E-state index in [9.17, 15) is 0 Å². The summed E-state index contributed by atoms with van der Waals surface area (Å²) in [6.45, 7) is 6.26. The van der Waals surface area contributed by atoms with Gasteiger partial charge < -0.3 is 10.6 Å². The lowest BCUT2D eigenvalue weighted by Gasteiger charge is -2.25. The maximum atomic E-state index is 5.89. The molecule has 0 aliphatic rings. The van der Waals surface area contributed by atoms with Crippen molar-refractivity contribution in [2.24, 2.45) is 5.73 Å². The Balaban J connectivity index is 3.06. The number of hydrogen-bond acceptors (Lipinski definition) is 3. The van der Waals surface area contributed by atoms with Crippen LogP contribution >= 0.6 is 0 Å². The first-order valence-electron chi connectivity index (χ1n) is 4.97. The maximum absolute atomic E-state index is 5.89. The molecule has 3 heteroatoms. The van der Waals surface area contributed by atoms with Crippen molar-refractivity contribution in [3.63, 3.8) is 0 Å². The molecule has 0 unspecified atom stereocenters. The van der Waals surface area contributed by atoms with Gasteiger partial charge in [0, 0.05) is 30.9 Å². The van der Waals surface area contributed by atoms with Gasteiger partial charge >= 0.3 is 0 Å². The Bertz CT molecular complexity index is 294. The molecule has 0 aliphatic carbocycles. The molecule has 3 nitrogen and oxygen atoms in total. The molecule has 0 aliphatic heterocycles. The van der Waals surface area contributed by atoms with E-state index in [1.807, 2.05) is 26.1 Å². The molecule has 2 N–H and O–H groups in total. The van der Waals surface area contributed by atoms with E-state index in [0.717, 1.165) is 11.4 Å². The molecule has 1 heterocycles. The van der Waals surface area contributed by atoms with Crippen LogP contribution < -0.4 is 10.6 Å². The van der Waals surface area contributed by atoms with Gasteiger partial charge in [-0.1, -0.05) is 6.07 Å². The van der Waals surface area contributed by atoms with Crippen LogP contribution in [0, 0.1) is 0 Å². The fourth-order valence-electron chi connectivity index (χ4n) is 1.30. The smallest absolute Gasteiger partial charge is 0.133 e. The summed E-state index contributed by atoms with van der Waals surface area (Å²) in [6.07, 6.45) is 1.81. The summed E-state index contributed by atoms with van der Waals surface area (Å²) in [5.74, 6) is 0.984. The fourth-order valence-corrected chi connectivity index (χ4v) is 1.30. The van der Waals surface area contributed by atoms with Gasteiger partial charge in [-0.2, -0.15) is 0 Å². The fraction of sp³-hybridized carbons (Fsp3) is 0.545. The van der Waals surface area contributed by atoms with Crippen LogP contribution in [0.25, 0.3) is 0 Å². The summed E-state index contributed by atoms with van der Waals surface area (Å²) in [4.78, 5) is 6.50. The largest absolute Gasteiger partial charge is 0.357 e. The van der Waals surface area contributed by atoms with Crippen molar-refractivity contribution in [3.05, 3.63) is 23.9 Å². The summed E-state index contributed by atoms with van der Waals surface area (Å²) in [5, 5.41) is 0. The predicted octanol–water partition coefficient (Wildman–Crippen LogP) is 1.95. The zero-order valence-corrected chi connectivity index (χ0v) is 9.36. The van der Waals surface area contributed by atoms with Crippen molar-refractivity contribution < 1.29 is 0 Å². The topological polar surface area (TPSA) is 42.2 Å². The van der Waals surface area contributed by atoms with E-state index >= 15 is 0 Å². The highest BCUT2D eigenvalue weighted by molar-refractivity contribution is 5.48. The van der Waals surface area contributed by atoms with E-state index in [1.165, 1.54) is 0 Å². The quantitative estimate of drug-likeness (QED) is 0.797. The second-order valence-electron chi connectivity index (χ2n) is 3.91. The van der Waals surface area contributed by atoms with Crippen molar-refractivity contribution in [3.8, 4) is 0 Å². The molecule has 1 rings (SSSR count). The van der Waals surface area contributed by atoms with Crippen LogP contribution in [0.5, 0.6) is 0 Å². The van der Waals surface area contributed by atoms with E-state index in [-0.39, 0.29) is 6.04 Å². The summed E-state index contributed by atoms with van der Waals surface area (Å²) < 4.78 is 0. The van der Waals surface area contributed by atoms with Crippen LogP contribution in [0.1, 0.15) is 32.4 Å². The minimum atomic E-state index is 0.0277. The van der Waals surface area contributed by atoms with Crippen LogP contribution in [0.3, 0.4) is 0 Å². The van der Waals surface area contributed by atoms with Gasteiger partial charge in [0.05, 0.1) is 0 Å². The van der Waals surface area contributed by atoms with Gasteiger partial charge in [0.1, 0.15) is 5.82 Å². The van der Waals surface area contributed by atoms with Crippen LogP contribution in [-0.2, 0) is 0 Å². The Labute approximate surface area is 85.9 Å². The highest BCUT2D eigenvalue weighted by Gasteiger charge is 2.13. The first-order valence-corrected chi connectivity index (χ1v) is 4.97. The standard InChI is InChI=1S/C11H19N3/c1-8(2)14(4)11-10(9(3)12)6-5-7-13-11/h5-9H,12H2,1-4H3/t9-/m1/s1. The Morgan fingerprint density at radius 2 is 2.00 bits per heavy atom. The normalized spacial score (nSPS) is 13.0. The average molecular weight is 193 g/mol. The lowest BCUT2D eigenvalue weighted by atomic mass is 10.1. The van der Waals surface area contributed by atoms with Crippen molar-refractivity contribution in [2.45, 2.75) is 32.9 Å². The number of aromatic nitrogens is 1. The number of pyridine rings is 1. The number of nitrogens with two attached hydrogens (primary N) is 1. The lowest BCUT2D eigenvalue weighted by Crippen LogP contribution is -2.28. The molecular weight excluding hydrogens is 174 g/mol. The van der Waals surface area contributed by atoms with Gasteiger partial charge in [-0.3, -0.25) is 0 Å². The molecule has 0 fully saturated rings. The Kier molecular flexibility index (Phi) is 3.47. The van der Waals surface area contributed by atoms with Gasteiger partial charge in [-0.15, -0.1) is 0 Å². The van der Waals surface area contributed by atoms with Crippen molar-refractivity contribution in [1.82, 2.24) is 4.98 Å². The summed E-state index contributed by atoms with van der Waals surface area (Å²) >= 11 is 0. The maximum Gasteiger partial charge on any atom is 0.133 e. The minimum Gasteiger partial charge on any atom is -0.357 e.